The first-order chi connectivity index (χ1) is 3.68. The van der Waals surface area contributed by atoms with Crippen molar-refractivity contribution in [3.8, 4) is 0 Å². The summed E-state index contributed by atoms with van der Waals surface area (Å²) >= 11 is 0. The Morgan fingerprint density at radius 3 is 1.88 bits per heavy atom. The van der Waals surface area contributed by atoms with Gasteiger partial charge < -0.3 is 10.2 Å². The summed E-state index contributed by atoms with van der Waals surface area (Å²) in [6.07, 6.45) is 0.745. The van der Waals surface area contributed by atoms with Crippen molar-refractivity contribution in [3.05, 3.63) is 0 Å². The van der Waals surface area contributed by atoms with E-state index >= 15 is 0 Å². The van der Waals surface area contributed by atoms with Crippen molar-refractivity contribution in [2.45, 2.75) is 26.4 Å². The fourth-order valence-corrected chi connectivity index (χ4v) is 0. The van der Waals surface area contributed by atoms with E-state index < -0.39 is 0 Å². The summed E-state index contributed by atoms with van der Waals surface area (Å²) in [5.74, 6) is 0. The van der Waals surface area contributed by atoms with E-state index in [-0.39, 0.29) is 12.6 Å². The molecule has 0 rings (SSSR count). The van der Waals surface area contributed by atoms with Crippen LogP contribution in [0.4, 0.5) is 0 Å². The third-order valence-electron chi connectivity index (χ3n) is 0.591. The molecule has 1 unspecified atom stereocenters. The number of carboxylic acid groups (broad SMARTS) is 1. The molecule has 1 atom stereocenters. The topological polar surface area (TPSA) is 57.5 Å². The Kier molecular flexibility index (Phi) is 12.6. The van der Waals surface area contributed by atoms with Gasteiger partial charge in [-0.05, 0) is 13.3 Å². The van der Waals surface area contributed by atoms with Gasteiger partial charge in [0, 0.05) is 0 Å². The van der Waals surface area contributed by atoms with E-state index in [1.54, 1.807) is 6.92 Å². The molecule has 0 spiro atoms. The van der Waals surface area contributed by atoms with Gasteiger partial charge in [-0.2, -0.15) is 0 Å². The van der Waals surface area contributed by atoms with Gasteiger partial charge in [0.1, 0.15) is 0 Å². The third-order valence-corrected chi connectivity index (χ3v) is 0.591. The maximum Gasteiger partial charge on any atom is 0.290 e. The van der Waals surface area contributed by atoms with Crippen molar-refractivity contribution in [2.75, 3.05) is 0 Å². The molecule has 0 heterocycles. The molecule has 0 fully saturated rings. The van der Waals surface area contributed by atoms with Gasteiger partial charge in [-0.25, -0.2) is 0 Å². The van der Waals surface area contributed by atoms with E-state index in [4.69, 9.17) is 15.0 Å². The van der Waals surface area contributed by atoms with E-state index in [0.29, 0.717) is 0 Å². The molecule has 0 aliphatic carbocycles. The van der Waals surface area contributed by atoms with Gasteiger partial charge in [-0.3, -0.25) is 4.79 Å². The number of hydrogen-bond donors (Lipinski definition) is 2. The van der Waals surface area contributed by atoms with E-state index in [0.717, 1.165) is 6.42 Å². The normalized spacial score (nSPS) is 10.9. The van der Waals surface area contributed by atoms with Gasteiger partial charge in [0.15, 0.2) is 0 Å². The molecule has 2 N–H and O–H groups in total. The van der Waals surface area contributed by atoms with Gasteiger partial charge in [0.2, 0.25) is 0 Å². The SMILES string of the molecule is CCC(C)O.O=CO. The minimum atomic E-state index is -0.250. The zero-order valence-corrected chi connectivity index (χ0v) is 5.16. The Morgan fingerprint density at radius 2 is 1.88 bits per heavy atom. The monoisotopic (exact) mass is 120 g/mol. The summed E-state index contributed by atoms with van der Waals surface area (Å²) in [4.78, 5) is 8.36. The van der Waals surface area contributed by atoms with Crippen LogP contribution in [0.1, 0.15) is 20.3 Å². The molecule has 50 valence electrons. The standard InChI is InChI=1S/C4H10O.CH2O2/c1-3-4(2)5;2-1-3/h4-5H,3H2,1-2H3;1H,(H,2,3). The summed E-state index contributed by atoms with van der Waals surface area (Å²) in [6.45, 7) is 3.48. The first-order valence-electron chi connectivity index (χ1n) is 2.44. The molecule has 3 nitrogen and oxygen atoms in total. The summed E-state index contributed by atoms with van der Waals surface area (Å²) in [6, 6.07) is 0. The van der Waals surface area contributed by atoms with Gasteiger partial charge >= 0.3 is 0 Å². The zero-order valence-electron chi connectivity index (χ0n) is 5.16. The molecular weight excluding hydrogens is 108 g/mol. The average Bonchev–Trinajstić information content (AvgIpc) is 1.69. The van der Waals surface area contributed by atoms with Crippen molar-refractivity contribution in [3.63, 3.8) is 0 Å². The van der Waals surface area contributed by atoms with Crippen LogP contribution >= 0.6 is 0 Å². The molecule has 0 aromatic carbocycles. The highest BCUT2D eigenvalue weighted by Gasteiger charge is 1.81. The van der Waals surface area contributed by atoms with Gasteiger partial charge in [-0.15, -0.1) is 0 Å². The molecule has 0 aromatic heterocycles. The highest BCUT2D eigenvalue weighted by molar-refractivity contribution is 5.32. The second-order valence-corrected chi connectivity index (χ2v) is 1.36. The molecule has 0 aliphatic rings. The number of carbonyl (C=O) groups is 1. The molecule has 0 saturated carbocycles. The average molecular weight is 120 g/mol. The maximum absolute atomic E-state index is 8.36. The van der Waals surface area contributed by atoms with Crippen LogP contribution in [-0.2, 0) is 4.79 Å². The van der Waals surface area contributed by atoms with E-state index in [1.165, 1.54) is 0 Å². The quantitative estimate of drug-likeness (QED) is 0.495. The summed E-state index contributed by atoms with van der Waals surface area (Å²) < 4.78 is 0. The molecule has 0 saturated heterocycles. The van der Waals surface area contributed by atoms with Crippen LogP contribution in [-0.4, -0.2) is 22.8 Å². The highest BCUT2D eigenvalue weighted by Crippen LogP contribution is 1.81. The van der Waals surface area contributed by atoms with Crippen LogP contribution < -0.4 is 0 Å². The summed E-state index contributed by atoms with van der Waals surface area (Å²) in [5, 5.41) is 15.2. The second-order valence-electron chi connectivity index (χ2n) is 1.36. The molecule has 3 heteroatoms. The minimum Gasteiger partial charge on any atom is -0.483 e. The fourth-order valence-electron chi connectivity index (χ4n) is 0. The first kappa shape index (κ1) is 10.4. The van der Waals surface area contributed by atoms with Crippen molar-refractivity contribution in [1.82, 2.24) is 0 Å². The van der Waals surface area contributed by atoms with Crippen LogP contribution in [0.25, 0.3) is 0 Å². The zero-order chi connectivity index (χ0) is 6.99. The fraction of sp³-hybridized carbons (Fsp3) is 0.800. The number of aliphatic hydroxyl groups excluding tert-OH is 1. The van der Waals surface area contributed by atoms with Crippen LogP contribution in [0.3, 0.4) is 0 Å². The minimum absolute atomic E-state index is 0.116. The first-order valence-corrected chi connectivity index (χ1v) is 2.44. The van der Waals surface area contributed by atoms with Crippen molar-refractivity contribution >= 4 is 6.47 Å². The molecule has 0 radical (unpaired) electrons. The lowest BCUT2D eigenvalue weighted by molar-refractivity contribution is -0.122. The third kappa shape index (κ3) is 52.1. The smallest absolute Gasteiger partial charge is 0.290 e. The molecule has 0 aliphatic heterocycles. The molecule has 8 heavy (non-hydrogen) atoms. The van der Waals surface area contributed by atoms with Gasteiger partial charge in [-0.1, -0.05) is 6.92 Å². The Labute approximate surface area is 49.0 Å². The Bertz CT molecular complexity index is 42.9. The predicted octanol–water partition coefficient (Wildman–Crippen LogP) is 0.478. The Hall–Kier alpha value is -0.570. The lowest BCUT2D eigenvalue weighted by atomic mass is 10.3. The van der Waals surface area contributed by atoms with Crippen molar-refractivity contribution < 1.29 is 15.0 Å². The summed E-state index contributed by atoms with van der Waals surface area (Å²) in [5.41, 5.74) is 0. The lowest BCUT2D eigenvalue weighted by Gasteiger charge is -1.90. The van der Waals surface area contributed by atoms with Crippen LogP contribution in [0, 0.1) is 0 Å². The van der Waals surface area contributed by atoms with E-state index in [2.05, 4.69) is 0 Å². The molecule has 0 amide bonds. The number of aliphatic hydroxyl groups is 1. The van der Waals surface area contributed by atoms with Crippen LogP contribution in [0.2, 0.25) is 0 Å². The van der Waals surface area contributed by atoms with Crippen molar-refractivity contribution in [2.24, 2.45) is 0 Å². The van der Waals surface area contributed by atoms with E-state index in [1.807, 2.05) is 6.92 Å². The predicted molar refractivity (Wildman–Crippen MR) is 30.7 cm³/mol. The maximum atomic E-state index is 8.36. The van der Waals surface area contributed by atoms with Crippen LogP contribution in [0.15, 0.2) is 0 Å². The molecule has 0 bridgehead atoms. The Morgan fingerprint density at radius 1 is 1.75 bits per heavy atom. The number of hydrogen-bond acceptors (Lipinski definition) is 2. The molecule has 0 aromatic rings. The van der Waals surface area contributed by atoms with Gasteiger partial charge in [0.25, 0.3) is 6.47 Å². The highest BCUT2D eigenvalue weighted by atomic mass is 16.3. The largest absolute Gasteiger partial charge is 0.483 e. The lowest BCUT2D eigenvalue weighted by Crippen LogP contribution is -1.93. The second kappa shape index (κ2) is 9.66. The summed E-state index contributed by atoms with van der Waals surface area (Å²) in [7, 11) is 0. The Balaban J connectivity index is 0. The molecular formula is C5H12O3. The van der Waals surface area contributed by atoms with E-state index in [9.17, 15) is 0 Å². The van der Waals surface area contributed by atoms with Gasteiger partial charge in [0.05, 0.1) is 6.10 Å². The van der Waals surface area contributed by atoms with Crippen molar-refractivity contribution in [1.29, 1.82) is 0 Å². The number of rotatable bonds is 1. The van der Waals surface area contributed by atoms with Crippen LogP contribution in [0.5, 0.6) is 0 Å².